The van der Waals surface area contributed by atoms with Crippen LogP contribution in [0.1, 0.15) is 18.4 Å². The molecule has 2 aromatic heterocycles. The molecule has 0 aliphatic carbocycles. The maximum absolute atomic E-state index is 12.1. The van der Waals surface area contributed by atoms with Crippen molar-refractivity contribution in [2.75, 3.05) is 30.4 Å². The van der Waals surface area contributed by atoms with Gasteiger partial charge in [-0.3, -0.25) is 10.1 Å². The van der Waals surface area contributed by atoms with Gasteiger partial charge < -0.3 is 15.0 Å². The lowest BCUT2D eigenvalue weighted by Crippen LogP contribution is -2.35. The van der Waals surface area contributed by atoms with E-state index in [-0.39, 0.29) is 11.5 Å². The number of methoxy groups -OCH3 is 1. The van der Waals surface area contributed by atoms with Crippen LogP contribution in [0.25, 0.3) is 10.2 Å². The minimum absolute atomic E-state index is 0.124. The van der Waals surface area contributed by atoms with E-state index in [9.17, 15) is 10.1 Å². The van der Waals surface area contributed by atoms with Crippen molar-refractivity contribution in [3.63, 3.8) is 0 Å². The van der Waals surface area contributed by atoms with Gasteiger partial charge in [-0.15, -0.1) is 0 Å². The average Bonchev–Trinajstić information content (AvgIpc) is 3.26. The summed E-state index contributed by atoms with van der Waals surface area (Å²) in [7, 11) is 1.61. The quantitative estimate of drug-likeness (QED) is 0.286. The predicted molar refractivity (Wildman–Crippen MR) is 133 cm³/mol. The van der Waals surface area contributed by atoms with E-state index in [1.54, 1.807) is 7.11 Å². The molecule has 5 rings (SSSR count). The van der Waals surface area contributed by atoms with Crippen molar-refractivity contribution < 1.29 is 9.66 Å². The number of thiazole rings is 1. The normalized spacial score (nSPS) is 14.3. The molecule has 10 heteroatoms. The van der Waals surface area contributed by atoms with Crippen LogP contribution in [-0.4, -0.2) is 40.1 Å². The van der Waals surface area contributed by atoms with Gasteiger partial charge in [0.15, 0.2) is 5.13 Å². The Kier molecular flexibility index (Phi) is 6.22. The second kappa shape index (κ2) is 9.60. The van der Waals surface area contributed by atoms with Crippen LogP contribution in [0.2, 0.25) is 0 Å². The van der Waals surface area contributed by atoms with Crippen molar-refractivity contribution in [3.05, 3.63) is 70.5 Å². The first-order chi connectivity index (χ1) is 16.6. The molecule has 0 amide bonds. The molecule has 0 spiro atoms. The van der Waals surface area contributed by atoms with Gasteiger partial charge in [-0.1, -0.05) is 41.7 Å². The second-order valence-electron chi connectivity index (χ2n) is 8.25. The number of piperidine rings is 1. The Hall–Kier alpha value is -3.79. The van der Waals surface area contributed by atoms with Gasteiger partial charge in [0, 0.05) is 13.1 Å². The van der Waals surface area contributed by atoms with Crippen LogP contribution in [0.4, 0.5) is 22.5 Å². The Bertz CT molecular complexity index is 1300. The summed E-state index contributed by atoms with van der Waals surface area (Å²) in [6.07, 6.45) is 4.31. The minimum Gasteiger partial charge on any atom is -0.497 e. The van der Waals surface area contributed by atoms with Gasteiger partial charge in [-0.05, 0) is 48.9 Å². The van der Waals surface area contributed by atoms with Crippen LogP contribution in [0.5, 0.6) is 5.75 Å². The molecule has 1 fully saturated rings. The second-order valence-corrected chi connectivity index (χ2v) is 9.28. The van der Waals surface area contributed by atoms with Gasteiger partial charge in [0.2, 0.25) is 11.6 Å². The zero-order valence-electron chi connectivity index (χ0n) is 18.7. The molecule has 0 unspecified atom stereocenters. The Morgan fingerprint density at radius 1 is 1.18 bits per heavy atom. The molecule has 1 aliphatic rings. The summed E-state index contributed by atoms with van der Waals surface area (Å²) in [5.41, 5.74) is 1.99. The van der Waals surface area contributed by atoms with Crippen LogP contribution < -0.4 is 15.0 Å². The molecule has 0 atom stereocenters. The smallest absolute Gasteiger partial charge is 0.353 e. The number of nitrogens with one attached hydrogen (secondary N) is 1. The Morgan fingerprint density at radius 2 is 1.97 bits per heavy atom. The van der Waals surface area contributed by atoms with E-state index in [0.717, 1.165) is 48.3 Å². The standard InChI is InChI=1S/C24H24N6O3S/c1-33-18-7-8-19-20(14-18)34-24(27-19)28-22-21(30(31)32)23(26-15-25-22)29-11-9-17(10-12-29)13-16-5-3-2-4-6-16/h2-8,14-15,17H,9-13H2,1H3,(H,25,26,27,28). The van der Waals surface area contributed by atoms with Crippen molar-refractivity contribution in [2.24, 2.45) is 5.92 Å². The monoisotopic (exact) mass is 476 g/mol. The number of fused-ring (bicyclic) bond motifs is 1. The highest BCUT2D eigenvalue weighted by molar-refractivity contribution is 7.22. The van der Waals surface area contributed by atoms with E-state index in [2.05, 4.69) is 44.5 Å². The number of nitro groups is 1. The first-order valence-electron chi connectivity index (χ1n) is 11.1. The van der Waals surface area contributed by atoms with E-state index in [4.69, 9.17) is 4.74 Å². The summed E-state index contributed by atoms with van der Waals surface area (Å²) in [4.78, 5) is 26.7. The SMILES string of the molecule is COc1ccc2nc(Nc3ncnc(N4CCC(Cc5ccccc5)CC4)c3[N+](=O)[O-])sc2c1. The third-order valence-corrected chi connectivity index (χ3v) is 7.02. The number of anilines is 3. The highest BCUT2D eigenvalue weighted by Crippen LogP contribution is 2.37. The number of benzene rings is 2. The number of ether oxygens (including phenoxy) is 1. The van der Waals surface area contributed by atoms with Crippen LogP contribution >= 0.6 is 11.3 Å². The molecule has 1 aliphatic heterocycles. The number of hydrogen-bond donors (Lipinski definition) is 1. The molecular formula is C24H24N6O3S. The first-order valence-corrected chi connectivity index (χ1v) is 11.9. The molecule has 1 saturated heterocycles. The summed E-state index contributed by atoms with van der Waals surface area (Å²) in [6, 6.07) is 16.0. The first kappa shape index (κ1) is 22.0. The van der Waals surface area contributed by atoms with Crippen molar-refractivity contribution in [2.45, 2.75) is 19.3 Å². The molecule has 0 radical (unpaired) electrons. The van der Waals surface area contributed by atoms with E-state index in [1.807, 2.05) is 29.2 Å². The van der Waals surface area contributed by atoms with E-state index in [0.29, 0.717) is 16.9 Å². The highest BCUT2D eigenvalue weighted by atomic mass is 32.1. The lowest BCUT2D eigenvalue weighted by molar-refractivity contribution is -0.383. The van der Waals surface area contributed by atoms with Gasteiger partial charge in [0.25, 0.3) is 0 Å². The summed E-state index contributed by atoms with van der Waals surface area (Å²) < 4.78 is 6.18. The molecule has 9 nitrogen and oxygen atoms in total. The minimum atomic E-state index is -0.413. The van der Waals surface area contributed by atoms with Gasteiger partial charge in [0.05, 0.1) is 22.2 Å². The van der Waals surface area contributed by atoms with Crippen molar-refractivity contribution in [1.29, 1.82) is 0 Å². The molecule has 0 saturated carbocycles. The van der Waals surface area contributed by atoms with Gasteiger partial charge in [-0.2, -0.15) is 0 Å². The van der Waals surface area contributed by atoms with Gasteiger partial charge >= 0.3 is 5.69 Å². The fourth-order valence-corrected chi connectivity index (χ4v) is 5.24. The molecule has 4 aromatic rings. The van der Waals surface area contributed by atoms with Crippen molar-refractivity contribution >= 4 is 44.0 Å². The molecular weight excluding hydrogens is 452 g/mol. The maximum atomic E-state index is 12.1. The van der Waals surface area contributed by atoms with Crippen molar-refractivity contribution in [3.8, 4) is 5.75 Å². The zero-order chi connectivity index (χ0) is 23.5. The Labute approximate surface area is 200 Å². The van der Waals surface area contributed by atoms with E-state index < -0.39 is 4.92 Å². The molecule has 1 N–H and O–H groups in total. The number of hydrogen-bond acceptors (Lipinski definition) is 9. The summed E-state index contributed by atoms with van der Waals surface area (Å²) in [6.45, 7) is 1.44. The fraction of sp³-hybridized carbons (Fsp3) is 0.292. The van der Waals surface area contributed by atoms with E-state index in [1.165, 1.54) is 23.2 Å². The van der Waals surface area contributed by atoms with E-state index >= 15 is 0 Å². The summed E-state index contributed by atoms with van der Waals surface area (Å²) in [5, 5.41) is 15.6. The molecule has 34 heavy (non-hydrogen) atoms. The third-order valence-electron chi connectivity index (χ3n) is 6.09. The number of aromatic nitrogens is 3. The predicted octanol–water partition coefficient (Wildman–Crippen LogP) is 5.21. The molecule has 0 bridgehead atoms. The molecule has 174 valence electrons. The third kappa shape index (κ3) is 4.62. The largest absolute Gasteiger partial charge is 0.497 e. The lowest BCUT2D eigenvalue weighted by atomic mass is 9.90. The maximum Gasteiger partial charge on any atom is 0.353 e. The van der Waals surface area contributed by atoms with Crippen molar-refractivity contribution in [1.82, 2.24) is 15.0 Å². The average molecular weight is 477 g/mol. The highest BCUT2D eigenvalue weighted by Gasteiger charge is 2.30. The topological polar surface area (TPSA) is 106 Å². The fourth-order valence-electron chi connectivity index (χ4n) is 4.34. The number of rotatable bonds is 7. The Morgan fingerprint density at radius 3 is 2.71 bits per heavy atom. The van der Waals surface area contributed by atoms with Crippen LogP contribution in [-0.2, 0) is 6.42 Å². The lowest BCUT2D eigenvalue weighted by Gasteiger charge is -2.32. The van der Waals surface area contributed by atoms with Crippen LogP contribution in [0.15, 0.2) is 54.9 Å². The van der Waals surface area contributed by atoms with Gasteiger partial charge in [0.1, 0.15) is 12.1 Å². The molecule has 2 aromatic carbocycles. The Balaban J connectivity index is 1.35. The molecule has 3 heterocycles. The van der Waals surface area contributed by atoms with Crippen LogP contribution in [0, 0.1) is 16.0 Å². The van der Waals surface area contributed by atoms with Crippen LogP contribution in [0.3, 0.4) is 0 Å². The van der Waals surface area contributed by atoms with Gasteiger partial charge in [-0.25, -0.2) is 15.0 Å². The summed E-state index contributed by atoms with van der Waals surface area (Å²) >= 11 is 1.39. The summed E-state index contributed by atoms with van der Waals surface area (Å²) in [5.74, 6) is 1.78. The number of nitrogens with zero attached hydrogens (tertiary/aromatic N) is 5. The zero-order valence-corrected chi connectivity index (χ0v) is 19.5.